The van der Waals surface area contributed by atoms with Crippen molar-refractivity contribution in [1.29, 1.82) is 0 Å². The van der Waals surface area contributed by atoms with Crippen LogP contribution < -0.4 is 10.5 Å². The summed E-state index contributed by atoms with van der Waals surface area (Å²) in [5.41, 5.74) is 7.83. The van der Waals surface area contributed by atoms with E-state index in [4.69, 9.17) is 10.5 Å². The van der Waals surface area contributed by atoms with E-state index in [0.29, 0.717) is 28.0 Å². The Morgan fingerprint density at radius 1 is 1.33 bits per heavy atom. The second kappa shape index (κ2) is 6.12. The largest absolute Gasteiger partial charge is 0.497 e. The Bertz CT molecular complexity index is 688. The Kier molecular flexibility index (Phi) is 4.22. The van der Waals surface area contributed by atoms with E-state index in [0.717, 1.165) is 5.75 Å². The summed E-state index contributed by atoms with van der Waals surface area (Å²) in [7, 11) is 0.477. The fraction of sp³-hybridized carbons (Fsp3) is 0.250. The molecule has 2 atom stereocenters. The second-order valence-corrected chi connectivity index (χ2v) is 7.49. The zero-order valence-corrected chi connectivity index (χ0v) is 13.4. The van der Waals surface area contributed by atoms with Gasteiger partial charge < -0.3 is 10.5 Å². The Hall–Kier alpha value is -1.46. The smallest absolute Gasteiger partial charge is 0.120 e. The molecule has 110 valence electrons. The molecule has 2 N–H and O–H groups in total. The molecule has 0 aliphatic carbocycles. The first-order valence-electron chi connectivity index (χ1n) is 6.72. The molecule has 1 aliphatic rings. The molecule has 5 heteroatoms. The van der Waals surface area contributed by atoms with Crippen molar-refractivity contribution in [2.45, 2.75) is 15.7 Å². The molecule has 2 unspecified atom stereocenters. The van der Waals surface area contributed by atoms with Gasteiger partial charge in [0.1, 0.15) is 5.75 Å². The summed E-state index contributed by atoms with van der Waals surface area (Å²) in [6.07, 6.45) is 0. The van der Waals surface area contributed by atoms with E-state index in [1.165, 1.54) is 10.5 Å². The zero-order valence-electron chi connectivity index (χ0n) is 11.7. The van der Waals surface area contributed by atoms with Crippen molar-refractivity contribution in [3.8, 4) is 5.75 Å². The topological polar surface area (TPSA) is 52.3 Å². The van der Waals surface area contributed by atoms with E-state index in [-0.39, 0.29) is 0 Å². The first-order valence-corrected chi connectivity index (χ1v) is 9.03. The van der Waals surface area contributed by atoms with Crippen LogP contribution in [-0.4, -0.2) is 22.8 Å². The molecule has 0 saturated heterocycles. The van der Waals surface area contributed by atoms with Crippen molar-refractivity contribution < 1.29 is 8.95 Å². The third kappa shape index (κ3) is 2.94. The first-order chi connectivity index (χ1) is 10.2. The van der Waals surface area contributed by atoms with Gasteiger partial charge >= 0.3 is 0 Å². The highest BCUT2D eigenvalue weighted by Crippen LogP contribution is 2.40. The maximum Gasteiger partial charge on any atom is 0.120 e. The average Bonchev–Trinajstić information content (AvgIpc) is 2.91. The molecule has 0 saturated carbocycles. The molecule has 0 bridgehead atoms. The van der Waals surface area contributed by atoms with Gasteiger partial charge in [0.05, 0.1) is 22.8 Å². The van der Waals surface area contributed by atoms with Gasteiger partial charge in [-0.1, -0.05) is 18.2 Å². The lowest BCUT2D eigenvalue weighted by atomic mass is 10.0. The van der Waals surface area contributed by atoms with Crippen LogP contribution >= 0.6 is 11.8 Å². The summed E-state index contributed by atoms with van der Waals surface area (Å²) in [5, 5.41) is 0. The van der Waals surface area contributed by atoms with Crippen LogP contribution in [0.4, 0.5) is 5.69 Å². The van der Waals surface area contributed by atoms with Gasteiger partial charge in [0, 0.05) is 28.0 Å². The van der Waals surface area contributed by atoms with Crippen LogP contribution in [0.5, 0.6) is 5.75 Å². The van der Waals surface area contributed by atoms with Crippen LogP contribution in [0, 0.1) is 0 Å². The Labute approximate surface area is 131 Å². The zero-order chi connectivity index (χ0) is 14.8. The van der Waals surface area contributed by atoms with E-state index in [1.54, 1.807) is 25.3 Å². The number of fused-ring (bicyclic) bond motifs is 1. The van der Waals surface area contributed by atoms with Crippen molar-refractivity contribution in [2.24, 2.45) is 0 Å². The highest BCUT2D eigenvalue weighted by Gasteiger charge is 2.25. The molecule has 0 aromatic heterocycles. The number of nitrogen functional groups attached to an aromatic ring is 1. The van der Waals surface area contributed by atoms with E-state index in [2.05, 4.69) is 12.1 Å². The minimum Gasteiger partial charge on any atom is -0.497 e. The maximum atomic E-state index is 12.7. The number of anilines is 1. The standard InChI is InChI=1S/C16H17NO2S2/c1-19-12-6-7-14(17)16(8-12)21(18)10-11-9-20-15-5-3-2-4-13(11)15/h2-8,11H,9-10,17H2,1H3. The SMILES string of the molecule is COc1ccc(N)c(S(=O)CC2CSc3ccccc32)c1. The molecule has 21 heavy (non-hydrogen) atoms. The number of benzene rings is 2. The predicted octanol–water partition coefficient (Wildman–Crippen LogP) is 3.27. The molecular weight excluding hydrogens is 302 g/mol. The fourth-order valence-corrected chi connectivity index (χ4v) is 5.30. The molecule has 0 radical (unpaired) electrons. The quantitative estimate of drug-likeness (QED) is 0.879. The van der Waals surface area contributed by atoms with Crippen molar-refractivity contribution in [1.82, 2.24) is 0 Å². The molecule has 1 heterocycles. The number of rotatable bonds is 4. The third-order valence-corrected chi connectivity index (χ3v) is 6.42. The summed E-state index contributed by atoms with van der Waals surface area (Å²) in [6, 6.07) is 13.7. The molecular formula is C16H17NO2S2. The highest BCUT2D eigenvalue weighted by atomic mass is 32.2. The van der Waals surface area contributed by atoms with Crippen molar-refractivity contribution in [2.75, 3.05) is 24.3 Å². The van der Waals surface area contributed by atoms with Crippen molar-refractivity contribution in [3.63, 3.8) is 0 Å². The van der Waals surface area contributed by atoms with Crippen molar-refractivity contribution >= 4 is 28.2 Å². The Morgan fingerprint density at radius 2 is 2.14 bits per heavy atom. The normalized spacial score (nSPS) is 18.2. The number of nitrogens with two attached hydrogens (primary N) is 1. The lowest BCUT2D eigenvalue weighted by molar-refractivity contribution is 0.413. The Balaban J connectivity index is 1.82. The summed E-state index contributed by atoms with van der Waals surface area (Å²) in [6.45, 7) is 0. The lowest BCUT2D eigenvalue weighted by Gasteiger charge is -2.12. The van der Waals surface area contributed by atoms with Gasteiger partial charge in [0.2, 0.25) is 0 Å². The number of methoxy groups -OCH3 is 1. The van der Waals surface area contributed by atoms with Crippen LogP contribution in [0.1, 0.15) is 11.5 Å². The van der Waals surface area contributed by atoms with Gasteiger partial charge in [-0.25, -0.2) is 0 Å². The van der Waals surface area contributed by atoms with Crippen LogP contribution in [0.2, 0.25) is 0 Å². The van der Waals surface area contributed by atoms with Gasteiger partial charge in [-0.2, -0.15) is 0 Å². The summed E-state index contributed by atoms with van der Waals surface area (Å²) >= 11 is 1.83. The molecule has 0 spiro atoms. The predicted molar refractivity (Wildman–Crippen MR) is 88.6 cm³/mol. The van der Waals surface area contributed by atoms with Gasteiger partial charge in [-0.05, 0) is 29.8 Å². The van der Waals surface area contributed by atoms with Gasteiger partial charge in [-0.15, -0.1) is 11.8 Å². The average molecular weight is 319 g/mol. The van der Waals surface area contributed by atoms with Crippen LogP contribution in [0.25, 0.3) is 0 Å². The molecule has 2 aromatic rings. The number of ether oxygens (including phenoxy) is 1. The maximum absolute atomic E-state index is 12.7. The van der Waals surface area contributed by atoms with E-state index < -0.39 is 10.8 Å². The summed E-state index contributed by atoms with van der Waals surface area (Å²) in [5.74, 6) is 2.59. The fourth-order valence-electron chi connectivity index (χ4n) is 2.48. The number of thioether (sulfide) groups is 1. The third-order valence-electron chi connectivity index (χ3n) is 3.62. The Morgan fingerprint density at radius 3 is 2.95 bits per heavy atom. The molecule has 0 fully saturated rings. The van der Waals surface area contributed by atoms with Crippen molar-refractivity contribution in [3.05, 3.63) is 48.0 Å². The van der Waals surface area contributed by atoms with Crippen LogP contribution in [0.15, 0.2) is 52.3 Å². The number of hydrogen-bond acceptors (Lipinski definition) is 4. The monoisotopic (exact) mass is 319 g/mol. The highest BCUT2D eigenvalue weighted by molar-refractivity contribution is 7.99. The first kappa shape index (κ1) is 14.5. The number of hydrogen-bond donors (Lipinski definition) is 1. The summed E-state index contributed by atoms with van der Waals surface area (Å²) in [4.78, 5) is 1.97. The van der Waals surface area contributed by atoms with Gasteiger partial charge in [-0.3, -0.25) is 4.21 Å². The lowest BCUT2D eigenvalue weighted by Crippen LogP contribution is -2.11. The van der Waals surface area contributed by atoms with Gasteiger partial charge in [0.15, 0.2) is 0 Å². The van der Waals surface area contributed by atoms with E-state index >= 15 is 0 Å². The van der Waals surface area contributed by atoms with E-state index in [9.17, 15) is 4.21 Å². The minimum atomic E-state index is -1.12. The summed E-state index contributed by atoms with van der Waals surface area (Å²) < 4.78 is 17.9. The molecule has 2 aromatic carbocycles. The van der Waals surface area contributed by atoms with E-state index in [1.807, 2.05) is 23.9 Å². The molecule has 3 nitrogen and oxygen atoms in total. The van der Waals surface area contributed by atoms with Crippen LogP contribution in [-0.2, 0) is 10.8 Å². The second-order valence-electron chi connectivity index (χ2n) is 4.96. The van der Waals surface area contributed by atoms with Gasteiger partial charge in [0.25, 0.3) is 0 Å². The molecule has 3 rings (SSSR count). The van der Waals surface area contributed by atoms with Crippen LogP contribution in [0.3, 0.4) is 0 Å². The molecule has 1 aliphatic heterocycles. The molecule has 0 amide bonds. The minimum absolute atomic E-state index is 0.317.